The first-order valence-electron chi connectivity index (χ1n) is 6.41. The van der Waals surface area contributed by atoms with E-state index in [1.165, 1.54) is 17.1 Å². The molecule has 4 rings (SSSR count). The van der Waals surface area contributed by atoms with Gasteiger partial charge in [-0.15, -0.1) is 0 Å². The van der Waals surface area contributed by atoms with Crippen LogP contribution in [0.2, 0.25) is 0 Å². The zero-order chi connectivity index (χ0) is 13.2. The Labute approximate surface area is 109 Å². The number of hydrogen-bond acceptors (Lipinski definition) is 1. The van der Waals surface area contributed by atoms with Crippen LogP contribution in [0.15, 0.2) is 59.5 Å². The molecule has 0 amide bonds. The van der Waals surface area contributed by atoms with Crippen molar-refractivity contribution in [1.29, 1.82) is 0 Å². The fourth-order valence-corrected chi connectivity index (χ4v) is 3.41. The molecule has 4 aliphatic rings. The maximum atomic E-state index is 13.1. The van der Waals surface area contributed by atoms with Gasteiger partial charge in [0.2, 0.25) is 0 Å². The molecular formula is C15H12F3N. The van der Waals surface area contributed by atoms with E-state index in [0.29, 0.717) is 11.8 Å². The summed E-state index contributed by atoms with van der Waals surface area (Å²) in [5, 5.41) is 0. The summed E-state index contributed by atoms with van der Waals surface area (Å²) in [4.78, 5) is 1.50. The van der Waals surface area contributed by atoms with Crippen LogP contribution in [-0.4, -0.2) is 17.1 Å². The summed E-state index contributed by atoms with van der Waals surface area (Å²) >= 11 is 0. The molecule has 2 aliphatic carbocycles. The second-order valence-electron chi connectivity index (χ2n) is 5.36. The van der Waals surface area contributed by atoms with Crippen LogP contribution >= 0.6 is 0 Å². The van der Waals surface area contributed by atoms with Crippen LogP contribution in [0.1, 0.15) is 6.42 Å². The standard InChI is InChI=1S/C15H12F3N/c16-15(17,18)14-7-3-6-12-10-5-2-1-4-9(10)11-8-13(11)19(12)14/h1-7,9,11,13H,8H2. The van der Waals surface area contributed by atoms with Gasteiger partial charge >= 0.3 is 6.18 Å². The Balaban J connectivity index is 1.86. The molecule has 0 bridgehead atoms. The van der Waals surface area contributed by atoms with Crippen molar-refractivity contribution in [3.63, 3.8) is 0 Å². The molecule has 2 heterocycles. The van der Waals surface area contributed by atoms with Gasteiger partial charge in [-0.25, -0.2) is 0 Å². The molecule has 1 fully saturated rings. The third-order valence-electron chi connectivity index (χ3n) is 4.28. The van der Waals surface area contributed by atoms with Crippen LogP contribution in [-0.2, 0) is 0 Å². The molecule has 0 spiro atoms. The van der Waals surface area contributed by atoms with Crippen molar-refractivity contribution < 1.29 is 13.2 Å². The molecule has 0 aromatic heterocycles. The normalized spacial score (nSPS) is 34.8. The molecule has 1 nitrogen and oxygen atoms in total. The maximum Gasteiger partial charge on any atom is 0.431 e. The van der Waals surface area contributed by atoms with Gasteiger partial charge in [0.1, 0.15) is 5.70 Å². The molecule has 1 saturated carbocycles. The quantitative estimate of drug-likeness (QED) is 0.644. The van der Waals surface area contributed by atoms with Crippen LogP contribution in [0.5, 0.6) is 0 Å². The number of alkyl halides is 3. The molecular weight excluding hydrogens is 251 g/mol. The Morgan fingerprint density at radius 2 is 1.95 bits per heavy atom. The van der Waals surface area contributed by atoms with E-state index in [0.717, 1.165) is 17.7 Å². The molecule has 98 valence electrons. The lowest BCUT2D eigenvalue weighted by molar-refractivity contribution is -0.110. The zero-order valence-corrected chi connectivity index (χ0v) is 10.1. The largest absolute Gasteiger partial charge is 0.431 e. The van der Waals surface area contributed by atoms with E-state index in [2.05, 4.69) is 6.08 Å². The highest BCUT2D eigenvalue weighted by atomic mass is 19.4. The van der Waals surface area contributed by atoms with E-state index in [-0.39, 0.29) is 6.04 Å². The molecule has 0 radical (unpaired) electrons. The van der Waals surface area contributed by atoms with Gasteiger partial charge in [0, 0.05) is 17.7 Å². The van der Waals surface area contributed by atoms with Gasteiger partial charge in [-0.1, -0.05) is 30.4 Å². The molecule has 3 atom stereocenters. The van der Waals surface area contributed by atoms with Gasteiger partial charge in [0.25, 0.3) is 0 Å². The molecule has 19 heavy (non-hydrogen) atoms. The Bertz CT molecular complexity index is 589. The summed E-state index contributed by atoms with van der Waals surface area (Å²) in [6.45, 7) is 0. The van der Waals surface area contributed by atoms with Gasteiger partial charge in [-0.05, 0) is 30.1 Å². The van der Waals surface area contributed by atoms with Crippen LogP contribution in [0.25, 0.3) is 0 Å². The van der Waals surface area contributed by atoms with Crippen LogP contribution < -0.4 is 0 Å². The van der Waals surface area contributed by atoms with E-state index >= 15 is 0 Å². The average Bonchev–Trinajstić information content (AvgIpc) is 3.18. The highest BCUT2D eigenvalue weighted by molar-refractivity contribution is 5.50. The summed E-state index contributed by atoms with van der Waals surface area (Å²) in [5.41, 5.74) is 1.22. The van der Waals surface area contributed by atoms with Crippen molar-refractivity contribution in [2.24, 2.45) is 11.8 Å². The lowest BCUT2D eigenvalue weighted by Crippen LogP contribution is -2.39. The van der Waals surface area contributed by atoms with Crippen LogP contribution in [0.4, 0.5) is 13.2 Å². The summed E-state index contributed by atoms with van der Waals surface area (Å²) in [6.07, 6.45) is 9.01. The fourth-order valence-electron chi connectivity index (χ4n) is 3.41. The van der Waals surface area contributed by atoms with Gasteiger partial charge in [0.05, 0.1) is 0 Å². The number of halogens is 3. The van der Waals surface area contributed by atoms with E-state index in [4.69, 9.17) is 0 Å². The van der Waals surface area contributed by atoms with Crippen molar-refractivity contribution in [3.8, 4) is 0 Å². The minimum atomic E-state index is -4.29. The smallest absolute Gasteiger partial charge is 0.334 e. The van der Waals surface area contributed by atoms with E-state index in [1.54, 1.807) is 6.08 Å². The molecule has 0 aromatic carbocycles. The summed E-state index contributed by atoms with van der Waals surface area (Å²) in [5.74, 6) is 0.621. The molecule has 3 unspecified atom stereocenters. The lowest BCUT2D eigenvalue weighted by Gasteiger charge is -2.38. The molecule has 0 aromatic rings. The SMILES string of the molecule is FC(F)(F)C1=CC=CC2=C3C=CC=CC3C3CC3N12. The van der Waals surface area contributed by atoms with Gasteiger partial charge in [-0.2, -0.15) is 13.2 Å². The fraction of sp³-hybridized carbons (Fsp3) is 0.333. The third-order valence-corrected chi connectivity index (χ3v) is 4.28. The Morgan fingerprint density at radius 3 is 2.74 bits per heavy atom. The van der Waals surface area contributed by atoms with Crippen molar-refractivity contribution >= 4 is 0 Å². The third kappa shape index (κ3) is 1.49. The zero-order valence-electron chi connectivity index (χ0n) is 10.1. The minimum absolute atomic E-state index is 0.0118. The highest BCUT2D eigenvalue weighted by Crippen LogP contribution is 2.56. The van der Waals surface area contributed by atoms with E-state index in [9.17, 15) is 13.2 Å². The van der Waals surface area contributed by atoms with Crippen LogP contribution in [0, 0.1) is 11.8 Å². The highest BCUT2D eigenvalue weighted by Gasteiger charge is 2.56. The molecule has 0 saturated heterocycles. The first kappa shape index (κ1) is 11.1. The molecule has 0 N–H and O–H groups in total. The summed E-state index contributed by atoms with van der Waals surface area (Å²) in [6, 6.07) is 0.0118. The van der Waals surface area contributed by atoms with Crippen molar-refractivity contribution in [1.82, 2.24) is 4.90 Å². The Hall–Kier alpha value is -1.71. The first-order valence-corrected chi connectivity index (χ1v) is 6.41. The number of fused-ring (bicyclic) bond motifs is 5. The van der Waals surface area contributed by atoms with E-state index in [1.807, 2.05) is 18.2 Å². The van der Waals surface area contributed by atoms with E-state index < -0.39 is 11.9 Å². The number of hydrogen-bond donors (Lipinski definition) is 0. The summed E-state index contributed by atoms with van der Waals surface area (Å²) < 4.78 is 39.4. The number of rotatable bonds is 0. The number of nitrogens with zero attached hydrogens (tertiary/aromatic N) is 1. The molecule has 2 aliphatic heterocycles. The van der Waals surface area contributed by atoms with Crippen molar-refractivity contribution in [3.05, 3.63) is 59.5 Å². The first-order chi connectivity index (χ1) is 9.07. The van der Waals surface area contributed by atoms with Gasteiger partial charge in [-0.3, -0.25) is 0 Å². The van der Waals surface area contributed by atoms with Crippen molar-refractivity contribution in [2.75, 3.05) is 0 Å². The Morgan fingerprint density at radius 1 is 1.11 bits per heavy atom. The van der Waals surface area contributed by atoms with Crippen molar-refractivity contribution in [2.45, 2.75) is 18.6 Å². The van der Waals surface area contributed by atoms with Gasteiger partial charge in [0.15, 0.2) is 0 Å². The maximum absolute atomic E-state index is 13.1. The average molecular weight is 263 g/mol. The topological polar surface area (TPSA) is 3.24 Å². The van der Waals surface area contributed by atoms with Crippen LogP contribution in [0.3, 0.4) is 0 Å². The second-order valence-corrected chi connectivity index (χ2v) is 5.36. The minimum Gasteiger partial charge on any atom is -0.334 e. The lowest BCUT2D eigenvalue weighted by atomic mass is 9.84. The second kappa shape index (κ2) is 3.44. The molecule has 4 heteroatoms. The predicted molar refractivity (Wildman–Crippen MR) is 65.8 cm³/mol. The summed E-state index contributed by atoms with van der Waals surface area (Å²) in [7, 11) is 0. The predicted octanol–water partition coefficient (Wildman–Crippen LogP) is 3.70. The van der Waals surface area contributed by atoms with Gasteiger partial charge < -0.3 is 4.90 Å². The monoisotopic (exact) mass is 263 g/mol. The number of allylic oxidation sites excluding steroid dienone is 9. The Kier molecular flexibility index (Phi) is 2.02.